The highest BCUT2D eigenvalue weighted by atomic mass is 16.6. The van der Waals surface area contributed by atoms with Crippen LogP contribution in [0.15, 0.2) is 34.0 Å². The molecule has 11 heteroatoms. The van der Waals surface area contributed by atoms with Crippen molar-refractivity contribution in [2.24, 2.45) is 0 Å². The molecule has 0 unspecified atom stereocenters. The Bertz CT molecular complexity index is 1490. The average molecular weight is 584 g/mol. The molecule has 0 aromatic carbocycles. The third-order valence-corrected chi connectivity index (χ3v) is 7.42. The molecule has 0 atom stereocenters. The maximum Gasteiger partial charge on any atom is 0.410 e. The van der Waals surface area contributed by atoms with E-state index in [1.165, 1.54) is 10.8 Å². The van der Waals surface area contributed by atoms with Gasteiger partial charge in [0, 0.05) is 32.2 Å². The van der Waals surface area contributed by atoms with Crippen LogP contribution in [0.25, 0.3) is 16.7 Å². The zero-order valence-corrected chi connectivity index (χ0v) is 25.9. The minimum atomic E-state index is -0.680. The Kier molecular flexibility index (Phi) is 9.47. The van der Waals surface area contributed by atoms with Crippen molar-refractivity contribution in [2.75, 3.05) is 19.6 Å². The van der Waals surface area contributed by atoms with Crippen LogP contribution in [0.2, 0.25) is 0 Å². The molecule has 0 aliphatic heterocycles. The molecule has 3 heterocycles. The summed E-state index contributed by atoms with van der Waals surface area (Å²) in [5.74, 6) is 0. The van der Waals surface area contributed by atoms with E-state index in [-0.39, 0.29) is 36.3 Å². The standard InChI is InChI=1S/C31H45N5O6/c1-30(2,3)41-28(39)33(19-20-34(22-13-8-7-9-14-22)29(40)42-31(4,5)6)17-10-11-18-35-26(37)23-15-12-16-25-32-21-24(27(35)38)36(23)25/h12,15-16,21-22H,7-11,13-14,17-20H2,1-6H3. The van der Waals surface area contributed by atoms with E-state index in [1.54, 1.807) is 32.4 Å². The number of amides is 2. The highest BCUT2D eigenvalue weighted by Crippen LogP contribution is 2.24. The lowest BCUT2D eigenvalue weighted by Crippen LogP contribution is -2.49. The highest BCUT2D eigenvalue weighted by molar-refractivity contribution is 5.70. The van der Waals surface area contributed by atoms with Crippen LogP contribution in [0.1, 0.15) is 86.5 Å². The summed E-state index contributed by atoms with van der Waals surface area (Å²) in [6, 6.07) is 5.27. The molecular weight excluding hydrogens is 538 g/mol. The maximum absolute atomic E-state index is 13.2. The van der Waals surface area contributed by atoms with Crippen molar-refractivity contribution in [2.45, 2.75) is 110 Å². The van der Waals surface area contributed by atoms with Gasteiger partial charge in [-0.3, -0.25) is 18.6 Å². The summed E-state index contributed by atoms with van der Waals surface area (Å²) < 4.78 is 14.3. The summed E-state index contributed by atoms with van der Waals surface area (Å²) in [6.45, 7) is 12.2. The summed E-state index contributed by atoms with van der Waals surface area (Å²) in [4.78, 5) is 60.2. The lowest BCUT2D eigenvalue weighted by atomic mass is 9.94. The fourth-order valence-electron chi connectivity index (χ4n) is 5.48. The number of imidazole rings is 1. The van der Waals surface area contributed by atoms with Crippen LogP contribution in [0, 0.1) is 0 Å². The molecule has 1 saturated carbocycles. The molecule has 0 bridgehead atoms. The first kappa shape index (κ1) is 31.3. The van der Waals surface area contributed by atoms with Crippen LogP contribution >= 0.6 is 0 Å². The summed E-state index contributed by atoms with van der Waals surface area (Å²) in [5, 5.41) is 0. The molecule has 0 spiro atoms. The minimum Gasteiger partial charge on any atom is -0.444 e. The number of carbonyl (C=O) groups excluding carboxylic acids is 2. The van der Waals surface area contributed by atoms with Crippen LogP contribution in [0.5, 0.6) is 0 Å². The largest absolute Gasteiger partial charge is 0.444 e. The van der Waals surface area contributed by atoms with Gasteiger partial charge in [-0.25, -0.2) is 14.6 Å². The van der Waals surface area contributed by atoms with E-state index in [0.717, 1.165) is 32.1 Å². The molecule has 3 aromatic rings. The van der Waals surface area contributed by atoms with Crippen molar-refractivity contribution >= 4 is 28.9 Å². The number of pyridine rings is 1. The zero-order chi connectivity index (χ0) is 30.7. The molecule has 4 rings (SSSR count). The highest BCUT2D eigenvalue weighted by Gasteiger charge is 2.31. The third kappa shape index (κ3) is 7.60. The maximum atomic E-state index is 13.2. The third-order valence-electron chi connectivity index (χ3n) is 7.42. The van der Waals surface area contributed by atoms with Crippen LogP contribution < -0.4 is 11.1 Å². The molecule has 11 nitrogen and oxygen atoms in total. The Balaban J connectivity index is 1.45. The van der Waals surface area contributed by atoms with Crippen molar-refractivity contribution in [3.8, 4) is 0 Å². The molecular formula is C31H45N5O6. The number of hydrogen-bond donors (Lipinski definition) is 0. The van der Waals surface area contributed by atoms with Crippen molar-refractivity contribution in [3.63, 3.8) is 0 Å². The average Bonchev–Trinajstić information content (AvgIpc) is 3.34. The number of carbonyl (C=O) groups is 2. The van der Waals surface area contributed by atoms with Gasteiger partial charge in [0.15, 0.2) is 0 Å². The summed E-state index contributed by atoms with van der Waals surface area (Å²) in [5.41, 5.74) is -0.719. The minimum absolute atomic E-state index is 0.0723. The van der Waals surface area contributed by atoms with Gasteiger partial charge in [-0.1, -0.05) is 25.3 Å². The van der Waals surface area contributed by atoms with E-state index in [9.17, 15) is 19.2 Å². The van der Waals surface area contributed by atoms with Crippen molar-refractivity contribution in [3.05, 3.63) is 45.1 Å². The van der Waals surface area contributed by atoms with E-state index < -0.39 is 17.3 Å². The molecule has 1 aliphatic carbocycles. The smallest absolute Gasteiger partial charge is 0.410 e. The molecule has 2 amide bonds. The van der Waals surface area contributed by atoms with Gasteiger partial charge in [-0.05, 0) is 79.4 Å². The van der Waals surface area contributed by atoms with Gasteiger partial charge in [-0.2, -0.15) is 0 Å². The first-order chi connectivity index (χ1) is 19.7. The van der Waals surface area contributed by atoms with E-state index >= 15 is 0 Å². The van der Waals surface area contributed by atoms with Gasteiger partial charge in [-0.15, -0.1) is 0 Å². The van der Waals surface area contributed by atoms with Crippen LogP contribution in [0.3, 0.4) is 0 Å². The van der Waals surface area contributed by atoms with E-state index in [1.807, 2.05) is 41.5 Å². The first-order valence-electron chi connectivity index (χ1n) is 15.1. The number of aromatic nitrogens is 3. The lowest BCUT2D eigenvalue weighted by molar-refractivity contribution is 0.00362. The topological polar surface area (TPSA) is 115 Å². The van der Waals surface area contributed by atoms with E-state index in [4.69, 9.17) is 9.47 Å². The van der Waals surface area contributed by atoms with Crippen molar-refractivity contribution in [1.29, 1.82) is 0 Å². The summed E-state index contributed by atoms with van der Waals surface area (Å²) >= 11 is 0. The van der Waals surface area contributed by atoms with Crippen LogP contribution in [-0.2, 0) is 16.0 Å². The second-order valence-corrected chi connectivity index (χ2v) is 13.2. The number of nitrogens with zero attached hydrogens (tertiary/aromatic N) is 5. The summed E-state index contributed by atoms with van der Waals surface area (Å²) in [7, 11) is 0. The number of unbranched alkanes of at least 4 members (excludes halogenated alkanes) is 1. The van der Waals surface area contributed by atoms with Gasteiger partial charge in [0.1, 0.15) is 27.9 Å². The Morgan fingerprint density at radius 2 is 1.50 bits per heavy atom. The molecule has 42 heavy (non-hydrogen) atoms. The molecule has 1 fully saturated rings. The fraction of sp³-hybridized carbons (Fsp3) is 0.645. The first-order valence-corrected chi connectivity index (χ1v) is 15.1. The van der Waals surface area contributed by atoms with E-state index in [2.05, 4.69) is 4.98 Å². The zero-order valence-electron chi connectivity index (χ0n) is 25.9. The normalized spacial score (nSPS) is 14.8. The Morgan fingerprint density at radius 1 is 0.857 bits per heavy atom. The Labute approximate surface area is 246 Å². The van der Waals surface area contributed by atoms with Crippen molar-refractivity contribution in [1.82, 2.24) is 23.8 Å². The molecule has 230 valence electrons. The van der Waals surface area contributed by atoms with Gasteiger partial charge < -0.3 is 19.3 Å². The van der Waals surface area contributed by atoms with Gasteiger partial charge >= 0.3 is 12.2 Å². The Morgan fingerprint density at radius 3 is 2.17 bits per heavy atom. The Hall–Kier alpha value is -3.63. The number of rotatable bonds is 9. The quantitative estimate of drug-likeness (QED) is 0.324. The SMILES string of the molecule is CC(C)(C)OC(=O)N(CCCCn1c(=O)c2cccc3ncc(c1=O)n32)CCN(C(=O)OC(C)(C)C)C1CCCCC1. The number of ether oxygens (including phenoxy) is 2. The van der Waals surface area contributed by atoms with Gasteiger partial charge in [0.25, 0.3) is 11.1 Å². The molecule has 1 aliphatic rings. The fourth-order valence-corrected chi connectivity index (χ4v) is 5.48. The lowest BCUT2D eigenvalue weighted by Gasteiger charge is -2.37. The van der Waals surface area contributed by atoms with E-state index in [0.29, 0.717) is 42.6 Å². The van der Waals surface area contributed by atoms with Crippen molar-refractivity contribution < 1.29 is 19.1 Å². The van der Waals surface area contributed by atoms with Crippen LogP contribution in [0.4, 0.5) is 9.59 Å². The summed E-state index contributed by atoms with van der Waals surface area (Å²) in [6.07, 6.45) is 6.80. The molecule has 0 N–H and O–H groups in total. The molecule has 0 saturated heterocycles. The van der Waals surface area contributed by atoms with Gasteiger partial charge in [0.05, 0.1) is 6.20 Å². The second-order valence-electron chi connectivity index (χ2n) is 13.2. The van der Waals surface area contributed by atoms with Gasteiger partial charge in [0.2, 0.25) is 0 Å². The monoisotopic (exact) mass is 583 g/mol. The molecule has 0 radical (unpaired) electrons. The second kappa shape index (κ2) is 12.7. The number of hydrogen-bond acceptors (Lipinski definition) is 7. The predicted octanol–water partition coefficient (Wildman–Crippen LogP) is 5.03. The van der Waals surface area contributed by atoms with Crippen LogP contribution in [-0.4, -0.2) is 72.8 Å². The molecule has 3 aromatic heterocycles. The predicted molar refractivity (Wildman–Crippen MR) is 161 cm³/mol.